The van der Waals surface area contributed by atoms with Crippen molar-refractivity contribution in [2.75, 3.05) is 13.2 Å². The third-order valence-corrected chi connectivity index (χ3v) is 1.13. The second-order valence-electron chi connectivity index (χ2n) is 2.48. The van der Waals surface area contributed by atoms with Crippen LogP contribution in [0.3, 0.4) is 0 Å². The maximum Gasteiger partial charge on any atom is 0.321 e. The molecule has 0 heterocycles. The highest BCUT2D eigenvalue weighted by Crippen LogP contribution is 1.91. The standard InChI is InChI=1S/C9H15O4/c1-3-5-12-8(10)7-9(11)13-6-4-2/h7H,3-6H2,1-2H3. The van der Waals surface area contributed by atoms with Gasteiger partial charge in [0, 0.05) is 0 Å². The molecule has 0 spiro atoms. The fourth-order valence-corrected chi connectivity index (χ4v) is 0.585. The van der Waals surface area contributed by atoms with Gasteiger partial charge in [-0.2, -0.15) is 0 Å². The number of hydrogen-bond donors (Lipinski definition) is 0. The summed E-state index contributed by atoms with van der Waals surface area (Å²) in [6.45, 7) is 4.41. The molecule has 0 aromatic heterocycles. The minimum atomic E-state index is -0.636. The van der Waals surface area contributed by atoms with Crippen molar-refractivity contribution in [3.63, 3.8) is 0 Å². The van der Waals surface area contributed by atoms with Gasteiger partial charge in [0.05, 0.1) is 13.2 Å². The monoisotopic (exact) mass is 187 g/mol. The molecule has 75 valence electrons. The Labute approximate surface area is 78.2 Å². The van der Waals surface area contributed by atoms with Crippen LogP contribution >= 0.6 is 0 Å². The Morgan fingerprint density at radius 3 is 1.69 bits per heavy atom. The predicted octanol–water partition coefficient (Wildman–Crippen LogP) is 1.10. The molecule has 0 aliphatic heterocycles. The molecule has 0 aliphatic rings. The van der Waals surface area contributed by atoms with E-state index in [1.807, 2.05) is 13.8 Å². The quantitative estimate of drug-likeness (QED) is 0.461. The van der Waals surface area contributed by atoms with Crippen molar-refractivity contribution in [2.45, 2.75) is 26.7 Å². The number of hydrogen-bond acceptors (Lipinski definition) is 4. The van der Waals surface area contributed by atoms with E-state index < -0.39 is 11.9 Å². The first-order chi connectivity index (χ1) is 6.20. The van der Waals surface area contributed by atoms with Gasteiger partial charge in [0.25, 0.3) is 0 Å². The van der Waals surface area contributed by atoms with Crippen LogP contribution < -0.4 is 0 Å². The molecule has 0 aromatic carbocycles. The van der Waals surface area contributed by atoms with Crippen LogP contribution in [0.5, 0.6) is 0 Å². The van der Waals surface area contributed by atoms with Gasteiger partial charge < -0.3 is 9.47 Å². The van der Waals surface area contributed by atoms with Gasteiger partial charge in [-0.3, -0.25) is 9.59 Å². The average Bonchev–Trinajstić information content (AvgIpc) is 2.11. The molecule has 0 atom stereocenters. The van der Waals surface area contributed by atoms with Gasteiger partial charge in [-0.05, 0) is 12.8 Å². The highest BCUT2D eigenvalue weighted by Gasteiger charge is 2.11. The summed E-state index contributed by atoms with van der Waals surface area (Å²) in [5.41, 5.74) is 0. The zero-order valence-corrected chi connectivity index (χ0v) is 8.04. The average molecular weight is 187 g/mol. The van der Waals surface area contributed by atoms with Crippen molar-refractivity contribution in [1.29, 1.82) is 0 Å². The third-order valence-electron chi connectivity index (χ3n) is 1.13. The van der Waals surface area contributed by atoms with Gasteiger partial charge >= 0.3 is 11.9 Å². The lowest BCUT2D eigenvalue weighted by atomic mass is 10.4. The first-order valence-electron chi connectivity index (χ1n) is 4.39. The maximum atomic E-state index is 10.8. The lowest BCUT2D eigenvalue weighted by Crippen LogP contribution is -2.15. The molecule has 0 saturated carbocycles. The number of ether oxygens (including phenoxy) is 2. The van der Waals surface area contributed by atoms with Crippen LogP contribution in [0.25, 0.3) is 0 Å². The molecule has 4 heteroatoms. The van der Waals surface area contributed by atoms with Crippen molar-refractivity contribution in [3.05, 3.63) is 6.42 Å². The highest BCUT2D eigenvalue weighted by molar-refractivity contribution is 6.03. The van der Waals surface area contributed by atoms with E-state index >= 15 is 0 Å². The lowest BCUT2D eigenvalue weighted by Gasteiger charge is -2.02. The molecule has 0 aliphatic carbocycles. The molecule has 4 nitrogen and oxygen atoms in total. The second kappa shape index (κ2) is 7.58. The van der Waals surface area contributed by atoms with Gasteiger partial charge in [0.1, 0.15) is 0 Å². The minimum absolute atomic E-state index is 0.330. The fraction of sp³-hybridized carbons (Fsp3) is 0.667. The molecular weight excluding hydrogens is 172 g/mol. The summed E-state index contributed by atoms with van der Waals surface area (Å²) in [5, 5.41) is 0. The Kier molecular flexibility index (Phi) is 6.96. The molecule has 13 heavy (non-hydrogen) atoms. The van der Waals surface area contributed by atoms with Crippen LogP contribution in [0, 0.1) is 6.42 Å². The van der Waals surface area contributed by atoms with E-state index in [0.717, 1.165) is 19.3 Å². The normalized spacial score (nSPS) is 9.38. The lowest BCUT2D eigenvalue weighted by molar-refractivity contribution is -0.147. The summed E-state index contributed by atoms with van der Waals surface area (Å²) in [5.74, 6) is -1.27. The van der Waals surface area contributed by atoms with Gasteiger partial charge in [-0.15, -0.1) is 0 Å². The second-order valence-corrected chi connectivity index (χ2v) is 2.48. The van der Waals surface area contributed by atoms with Gasteiger partial charge in [-0.25, -0.2) is 0 Å². The summed E-state index contributed by atoms with van der Waals surface area (Å²) >= 11 is 0. The molecular formula is C9H15O4. The van der Waals surface area contributed by atoms with Gasteiger partial charge in [0.15, 0.2) is 6.42 Å². The van der Waals surface area contributed by atoms with Crippen LogP contribution in [-0.2, 0) is 19.1 Å². The third kappa shape index (κ3) is 7.31. The van der Waals surface area contributed by atoms with Crippen LogP contribution in [0.2, 0.25) is 0 Å². The molecule has 0 amide bonds. The van der Waals surface area contributed by atoms with E-state index in [0.29, 0.717) is 13.2 Å². The molecule has 0 unspecified atom stereocenters. The molecule has 0 aromatic rings. The molecule has 0 bridgehead atoms. The van der Waals surface area contributed by atoms with Crippen molar-refractivity contribution < 1.29 is 19.1 Å². The summed E-state index contributed by atoms with van der Waals surface area (Å²) in [4.78, 5) is 21.6. The Bertz CT molecular complexity index is 147. The van der Waals surface area contributed by atoms with Gasteiger partial charge in [0.2, 0.25) is 0 Å². The van der Waals surface area contributed by atoms with Crippen molar-refractivity contribution >= 4 is 11.9 Å². The van der Waals surface area contributed by atoms with E-state index in [1.165, 1.54) is 0 Å². The smallest absolute Gasteiger partial charge is 0.321 e. The Morgan fingerprint density at radius 1 is 1.00 bits per heavy atom. The van der Waals surface area contributed by atoms with Crippen molar-refractivity contribution in [3.8, 4) is 0 Å². The van der Waals surface area contributed by atoms with Crippen LogP contribution in [0.15, 0.2) is 0 Å². The largest absolute Gasteiger partial charge is 0.465 e. The maximum absolute atomic E-state index is 10.8. The molecule has 1 radical (unpaired) electrons. The summed E-state index contributed by atoms with van der Waals surface area (Å²) < 4.78 is 9.29. The van der Waals surface area contributed by atoms with Crippen LogP contribution in [-0.4, -0.2) is 25.2 Å². The first-order valence-corrected chi connectivity index (χ1v) is 4.39. The Morgan fingerprint density at radius 2 is 1.38 bits per heavy atom. The number of rotatable bonds is 6. The number of carbonyl (C=O) groups is 2. The zero-order valence-electron chi connectivity index (χ0n) is 8.04. The highest BCUT2D eigenvalue weighted by atomic mass is 16.6. The van der Waals surface area contributed by atoms with Gasteiger partial charge in [-0.1, -0.05) is 13.8 Å². The van der Waals surface area contributed by atoms with Crippen LogP contribution in [0.1, 0.15) is 26.7 Å². The van der Waals surface area contributed by atoms with E-state index in [4.69, 9.17) is 0 Å². The fourth-order valence-electron chi connectivity index (χ4n) is 0.585. The van der Waals surface area contributed by atoms with E-state index in [9.17, 15) is 9.59 Å². The SMILES string of the molecule is CCCOC(=O)[CH]C(=O)OCCC. The minimum Gasteiger partial charge on any atom is -0.465 e. The Hall–Kier alpha value is -1.06. The Balaban J connectivity index is 3.47. The molecule has 0 rings (SSSR count). The molecule has 0 N–H and O–H groups in total. The zero-order chi connectivity index (χ0) is 10.1. The van der Waals surface area contributed by atoms with E-state index in [2.05, 4.69) is 9.47 Å². The summed E-state index contributed by atoms with van der Waals surface area (Å²) in [6.07, 6.45) is 2.30. The van der Waals surface area contributed by atoms with Crippen LogP contribution in [0.4, 0.5) is 0 Å². The van der Waals surface area contributed by atoms with Crippen molar-refractivity contribution in [2.24, 2.45) is 0 Å². The molecule has 0 fully saturated rings. The van der Waals surface area contributed by atoms with Crippen molar-refractivity contribution in [1.82, 2.24) is 0 Å². The van der Waals surface area contributed by atoms with E-state index in [-0.39, 0.29) is 0 Å². The summed E-state index contributed by atoms with van der Waals surface area (Å²) in [7, 11) is 0. The summed E-state index contributed by atoms with van der Waals surface area (Å²) in [6, 6.07) is 0. The predicted molar refractivity (Wildman–Crippen MR) is 46.8 cm³/mol. The first kappa shape index (κ1) is 11.9. The molecule has 0 saturated heterocycles. The number of esters is 2. The van der Waals surface area contributed by atoms with E-state index in [1.54, 1.807) is 0 Å². The topological polar surface area (TPSA) is 52.6 Å². The number of carbonyl (C=O) groups excluding carboxylic acids is 2.